The summed E-state index contributed by atoms with van der Waals surface area (Å²) in [6.45, 7) is 4.50. The van der Waals surface area contributed by atoms with Crippen molar-refractivity contribution in [3.8, 4) is 5.69 Å². The van der Waals surface area contributed by atoms with Crippen LogP contribution in [0, 0.1) is 19.7 Å². The highest BCUT2D eigenvalue weighted by Gasteiger charge is 2.41. The molecule has 1 amide bonds. The fourth-order valence-corrected chi connectivity index (χ4v) is 5.28. The van der Waals surface area contributed by atoms with Crippen LogP contribution < -0.4 is 10.6 Å². The van der Waals surface area contributed by atoms with E-state index in [1.54, 1.807) is 30.6 Å². The number of pyridine rings is 2. The van der Waals surface area contributed by atoms with E-state index in [1.807, 2.05) is 41.4 Å². The Morgan fingerprint density at radius 1 is 1.11 bits per heavy atom. The summed E-state index contributed by atoms with van der Waals surface area (Å²) < 4.78 is 16.2. The molecule has 0 saturated carbocycles. The molecule has 1 aromatic carbocycles. The molecule has 1 aliphatic rings. The van der Waals surface area contributed by atoms with Crippen molar-refractivity contribution in [1.29, 1.82) is 0 Å². The summed E-state index contributed by atoms with van der Waals surface area (Å²) in [5.41, 5.74) is 5.21. The van der Waals surface area contributed by atoms with Crippen LogP contribution in [0.5, 0.6) is 0 Å². The molecular weight excluding hydrogens is 487 g/mol. The van der Waals surface area contributed by atoms with Crippen molar-refractivity contribution in [1.82, 2.24) is 24.8 Å². The Bertz CT molecular complexity index is 1430. The first-order valence-electron chi connectivity index (χ1n) is 12.1. The van der Waals surface area contributed by atoms with Crippen LogP contribution in [0.3, 0.4) is 0 Å². The molecule has 1 fully saturated rings. The average Bonchev–Trinajstić information content (AvgIpc) is 3.39. The zero-order valence-corrected chi connectivity index (χ0v) is 21.4. The van der Waals surface area contributed by atoms with Gasteiger partial charge in [0, 0.05) is 36.7 Å². The lowest BCUT2D eigenvalue weighted by atomic mass is 9.96. The molecule has 3 aromatic heterocycles. The largest absolute Gasteiger partial charge is 0.352 e. The first kappa shape index (κ1) is 24.6. The van der Waals surface area contributed by atoms with Crippen molar-refractivity contribution >= 4 is 28.9 Å². The van der Waals surface area contributed by atoms with Crippen molar-refractivity contribution in [3.05, 3.63) is 108 Å². The highest BCUT2D eigenvalue weighted by atomic mass is 32.1. The second-order valence-corrected chi connectivity index (χ2v) is 9.36. The van der Waals surface area contributed by atoms with Crippen LogP contribution in [0.1, 0.15) is 41.1 Å². The van der Waals surface area contributed by atoms with E-state index < -0.39 is 5.82 Å². The van der Waals surface area contributed by atoms with Gasteiger partial charge in [0.05, 0.1) is 35.3 Å². The molecule has 37 heavy (non-hydrogen) atoms. The molecular formula is C28H27FN6OS. The maximum Gasteiger partial charge on any atom is 0.226 e. The topological polar surface area (TPSA) is 75.1 Å². The van der Waals surface area contributed by atoms with Gasteiger partial charge < -0.3 is 20.1 Å². The van der Waals surface area contributed by atoms with Crippen LogP contribution in [0.25, 0.3) is 5.69 Å². The number of amides is 1. The number of aromatic nitrogens is 3. The molecule has 2 unspecified atom stereocenters. The normalized spacial score (nSPS) is 17.1. The van der Waals surface area contributed by atoms with E-state index in [-0.39, 0.29) is 30.1 Å². The van der Waals surface area contributed by atoms with E-state index in [4.69, 9.17) is 12.2 Å². The van der Waals surface area contributed by atoms with Gasteiger partial charge in [-0.2, -0.15) is 0 Å². The van der Waals surface area contributed by atoms with Gasteiger partial charge in [0.25, 0.3) is 0 Å². The van der Waals surface area contributed by atoms with Crippen LogP contribution in [0.4, 0.5) is 10.1 Å². The molecule has 4 aromatic rings. The van der Waals surface area contributed by atoms with Gasteiger partial charge >= 0.3 is 0 Å². The van der Waals surface area contributed by atoms with E-state index in [9.17, 15) is 9.18 Å². The highest BCUT2D eigenvalue weighted by molar-refractivity contribution is 7.80. The molecule has 0 bridgehead atoms. The van der Waals surface area contributed by atoms with Gasteiger partial charge in [-0.15, -0.1) is 0 Å². The van der Waals surface area contributed by atoms with Crippen LogP contribution >= 0.6 is 12.2 Å². The predicted octanol–water partition coefficient (Wildman–Crippen LogP) is 5.02. The second-order valence-electron chi connectivity index (χ2n) is 8.97. The minimum Gasteiger partial charge on any atom is -0.352 e. The Kier molecular flexibility index (Phi) is 6.96. The minimum absolute atomic E-state index is 0.142. The number of halogens is 1. The SMILES string of the molecule is Cc1cc(C2C(c3ccccn3)NC(=S)N2CCC(=O)Nc2ccccc2F)c(C)n1-c1cccnc1. The predicted molar refractivity (Wildman–Crippen MR) is 145 cm³/mol. The van der Waals surface area contributed by atoms with Crippen molar-refractivity contribution in [2.75, 3.05) is 11.9 Å². The Morgan fingerprint density at radius 2 is 1.92 bits per heavy atom. The summed E-state index contributed by atoms with van der Waals surface area (Å²) >= 11 is 5.75. The lowest BCUT2D eigenvalue weighted by molar-refractivity contribution is -0.116. The van der Waals surface area contributed by atoms with Crippen LogP contribution in [-0.4, -0.2) is 37.0 Å². The van der Waals surface area contributed by atoms with Gasteiger partial charge in [0.2, 0.25) is 5.91 Å². The Balaban J connectivity index is 1.47. The third kappa shape index (κ3) is 4.95. The lowest BCUT2D eigenvalue weighted by Gasteiger charge is -2.28. The molecule has 1 saturated heterocycles. The highest BCUT2D eigenvalue weighted by Crippen LogP contribution is 2.41. The Labute approximate surface area is 220 Å². The molecule has 9 heteroatoms. The molecule has 7 nitrogen and oxygen atoms in total. The third-order valence-electron chi connectivity index (χ3n) is 6.62. The standard InChI is InChI=1S/C28H27FN6OS/c1-18-16-21(19(2)35(18)20-8-7-13-30-17-20)27-26(24-11-5-6-14-31-24)33-28(37)34(27)15-12-25(36)32-23-10-4-3-9-22(23)29/h3-11,13-14,16-17,26-27H,12,15H2,1-2H3,(H,32,36)(H,33,37). The molecule has 5 rings (SSSR count). The summed E-state index contributed by atoms with van der Waals surface area (Å²) in [5, 5.41) is 6.64. The zero-order chi connectivity index (χ0) is 25.9. The van der Waals surface area contributed by atoms with Crippen LogP contribution in [-0.2, 0) is 4.79 Å². The quantitative estimate of drug-likeness (QED) is 0.337. The summed E-state index contributed by atoms with van der Waals surface area (Å²) in [6, 6.07) is 17.6. The first-order chi connectivity index (χ1) is 17.9. The van der Waals surface area contributed by atoms with Gasteiger partial charge in [0.1, 0.15) is 5.82 Å². The summed E-state index contributed by atoms with van der Waals surface area (Å²) in [4.78, 5) is 23.7. The van der Waals surface area contributed by atoms with E-state index >= 15 is 0 Å². The minimum atomic E-state index is -0.467. The zero-order valence-electron chi connectivity index (χ0n) is 20.6. The van der Waals surface area contributed by atoms with E-state index in [1.165, 1.54) is 6.07 Å². The first-order valence-corrected chi connectivity index (χ1v) is 12.5. The van der Waals surface area contributed by atoms with Crippen molar-refractivity contribution in [2.24, 2.45) is 0 Å². The van der Waals surface area contributed by atoms with E-state index in [2.05, 4.69) is 45.1 Å². The van der Waals surface area contributed by atoms with Gasteiger partial charge in [-0.05, 0) is 74.1 Å². The van der Waals surface area contributed by atoms with Crippen LogP contribution in [0.15, 0.2) is 79.3 Å². The van der Waals surface area contributed by atoms with Crippen molar-refractivity contribution in [3.63, 3.8) is 0 Å². The third-order valence-corrected chi connectivity index (χ3v) is 6.97. The Morgan fingerprint density at radius 3 is 2.65 bits per heavy atom. The summed E-state index contributed by atoms with van der Waals surface area (Å²) in [7, 11) is 0. The fraction of sp³-hybridized carbons (Fsp3) is 0.214. The maximum absolute atomic E-state index is 14.0. The molecule has 0 aliphatic carbocycles. The number of nitrogens with zero attached hydrogens (tertiary/aromatic N) is 4. The number of carbonyl (C=O) groups is 1. The molecule has 1 aliphatic heterocycles. The van der Waals surface area contributed by atoms with Gasteiger partial charge in [-0.25, -0.2) is 4.39 Å². The van der Waals surface area contributed by atoms with Crippen molar-refractivity contribution in [2.45, 2.75) is 32.4 Å². The second kappa shape index (κ2) is 10.5. The molecule has 188 valence electrons. The lowest BCUT2D eigenvalue weighted by Crippen LogP contribution is -2.33. The van der Waals surface area contributed by atoms with Gasteiger partial charge in [0.15, 0.2) is 5.11 Å². The molecule has 2 atom stereocenters. The monoisotopic (exact) mass is 514 g/mol. The molecule has 4 heterocycles. The number of hydrogen-bond donors (Lipinski definition) is 2. The molecule has 0 radical (unpaired) electrons. The summed E-state index contributed by atoms with van der Waals surface area (Å²) in [5.74, 6) is -0.751. The van der Waals surface area contributed by atoms with E-state index in [0.29, 0.717) is 11.7 Å². The smallest absolute Gasteiger partial charge is 0.226 e. The molecule has 2 N–H and O–H groups in total. The van der Waals surface area contributed by atoms with Crippen LogP contribution in [0.2, 0.25) is 0 Å². The Hall–Kier alpha value is -4.11. The number of rotatable bonds is 7. The summed E-state index contributed by atoms with van der Waals surface area (Å²) in [6.07, 6.45) is 5.49. The van der Waals surface area contributed by atoms with Crippen molar-refractivity contribution < 1.29 is 9.18 Å². The maximum atomic E-state index is 14.0. The number of hydrogen-bond acceptors (Lipinski definition) is 4. The number of aryl methyl sites for hydroxylation is 1. The number of nitrogens with one attached hydrogen (secondary N) is 2. The van der Waals surface area contributed by atoms with E-state index in [0.717, 1.165) is 28.3 Å². The number of benzene rings is 1. The average molecular weight is 515 g/mol. The number of thiocarbonyl (C=S) groups is 1. The molecule has 0 spiro atoms. The number of carbonyl (C=O) groups excluding carboxylic acids is 1. The fourth-order valence-electron chi connectivity index (χ4n) is 4.95. The van der Waals surface area contributed by atoms with Gasteiger partial charge in [-0.1, -0.05) is 18.2 Å². The number of para-hydroxylation sites is 1. The number of anilines is 1. The van der Waals surface area contributed by atoms with Gasteiger partial charge in [-0.3, -0.25) is 14.8 Å².